The summed E-state index contributed by atoms with van der Waals surface area (Å²) < 4.78 is 0. The summed E-state index contributed by atoms with van der Waals surface area (Å²) in [5.74, 6) is -22.3. The summed E-state index contributed by atoms with van der Waals surface area (Å²) in [5, 5.41) is 78.2. The molecule has 0 unspecified atom stereocenters. The number of fused-ring (bicyclic) bond motifs is 4. The number of benzene rings is 3. The van der Waals surface area contributed by atoms with Gasteiger partial charge in [0, 0.05) is 119 Å². The van der Waals surface area contributed by atoms with Gasteiger partial charge in [-0.3, -0.25) is 91.1 Å². The van der Waals surface area contributed by atoms with E-state index < -0.39 is 273 Å². The number of likely N-dealkylation sites (N-methyl/N-ethyl adjacent to an activating group) is 3. The average Bonchev–Trinajstić information content (AvgIpc) is 1.65. The smallest absolute Gasteiger partial charge is 0.305 e. The highest BCUT2D eigenvalue weighted by atomic mass is 32.2. The highest BCUT2D eigenvalue weighted by Crippen LogP contribution is 2.28. The minimum absolute atomic E-state index is 0.0436. The second kappa shape index (κ2) is 49.6. The standard InChI is InChI=1S/C87H120N20O24S/c1-7-9-20-65-80(124)96-56(27-29-71(112)113)76(120)102-64(75(119)93-42-69(90)110)44-132-45-70(111)94-60(34-47-23-25-50(108)26-24-47)83(127)103(4)46(3)74(118)99-62(38-73(116)117)86(130)106-33-15-22-66(106)81(125)101-63(39-89)79(123)97-58(28-30-72(114)115)85(129)107-43-51(109)37-68(107)82(126)98-59(35-48-40-91-54-18-13-11-16-52(48)54)78(122)95-57(31-32-88)77(121)100-61(36-49-41-92-55-19-14-12-17-53(49)55)84(128)105(6)67(21-10-8-2)87(131)104(65)5/h11-14,16-19,23-26,40-41,46,51,56-68,91-92,108-109H,7-10,15,20-22,27-39,42-45,88-89H2,1-6H3,(H2,90,110)(H,93,119)(H,94,111)(H,95,122)(H,96,124)(H,97,123)(H,98,126)(H,99,118)(H,100,121)(H,101,125)(H,102,120)(H,112,113)(H,114,115)(H,116,117)/t46-,51+,56-,57-,58-,59-,60-,61-,62-,63-,64-,65-,66-,67-,68-/m0/s1. The monoisotopic (exact) mass is 1860 g/mol. The van der Waals surface area contributed by atoms with Gasteiger partial charge in [-0.25, -0.2) is 0 Å². The summed E-state index contributed by atoms with van der Waals surface area (Å²) in [6.45, 7) is 2.21. The van der Waals surface area contributed by atoms with Crippen LogP contribution in [0.3, 0.4) is 0 Å². The molecule has 5 heterocycles. The minimum Gasteiger partial charge on any atom is -0.508 e. The summed E-state index contributed by atoms with van der Waals surface area (Å²) in [5.41, 5.74) is 20.2. The average molecular weight is 1860 g/mol. The van der Waals surface area contributed by atoms with E-state index in [1.54, 1.807) is 67.8 Å². The van der Waals surface area contributed by atoms with Gasteiger partial charge in [0.05, 0.1) is 24.8 Å². The van der Waals surface area contributed by atoms with E-state index >= 15 is 33.6 Å². The van der Waals surface area contributed by atoms with Crippen molar-refractivity contribution in [1.82, 2.24) is 87.6 Å². The van der Waals surface area contributed by atoms with Crippen LogP contribution >= 0.6 is 11.8 Å². The number of aromatic hydroxyl groups is 1. The first-order valence-electron chi connectivity index (χ1n) is 43.7. The number of phenols is 1. The number of thioether (sulfide) groups is 1. The molecule has 44 nitrogen and oxygen atoms in total. The van der Waals surface area contributed by atoms with Crippen molar-refractivity contribution < 1.29 is 117 Å². The zero-order chi connectivity index (χ0) is 96.9. The fraction of sp³-hybridized carbons (Fsp3) is 0.529. The Labute approximate surface area is 764 Å². The number of primary amides is 1. The number of carbonyl (C=O) groups is 19. The molecule has 3 aliphatic rings. The molecule has 8 rings (SSSR count). The number of para-hydroxylation sites is 2. The molecule has 3 aromatic carbocycles. The number of aliphatic carboxylic acids is 3. The number of aliphatic hydroxyl groups excluding tert-OH is 1. The van der Waals surface area contributed by atoms with Crippen LogP contribution in [0, 0.1) is 0 Å². The van der Waals surface area contributed by atoms with Crippen molar-refractivity contribution in [2.24, 2.45) is 17.2 Å². The molecule has 0 bridgehead atoms. The van der Waals surface area contributed by atoms with Crippen LogP contribution in [0.2, 0.25) is 0 Å². The van der Waals surface area contributed by atoms with Crippen molar-refractivity contribution in [3.05, 3.63) is 102 Å². The van der Waals surface area contributed by atoms with E-state index in [-0.39, 0.29) is 76.6 Å². The number of hydrogen-bond donors (Lipinski definition) is 20. The maximum Gasteiger partial charge on any atom is 0.305 e. The van der Waals surface area contributed by atoms with Crippen molar-refractivity contribution in [2.75, 3.05) is 65.4 Å². The van der Waals surface area contributed by atoms with Gasteiger partial charge in [-0.15, -0.1) is 11.8 Å². The molecule has 0 radical (unpaired) electrons. The number of carbonyl (C=O) groups excluding carboxylic acids is 16. The van der Waals surface area contributed by atoms with Crippen LogP contribution in [-0.2, 0) is 110 Å². The van der Waals surface area contributed by atoms with Crippen LogP contribution in [0.15, 0.2) is 85.2 Å². The van der Waals surface area contributed by atoms with Gasteiger partial charge >= 0.3 is 17.9 Å². The highest BCUT2D eigenvalue weighted by molar-refractivity contribution is 8.00. The SMILES string of the molecule is CCCC[C@H]1C(=O)N(C)[C@@H](CCCC)C(=O)N[C@@H](CCC(=O)O)C(=O)N[C@H](C(=O)NCC(N)=O)CSCC(=O)N[C@@H](Cc2ccc(O)cc2)C(=O)N(C)[C@@H](C)C(=O)N[C@@H](CC(=O)O)C(=O)N2CCC[C@H]2C(=O)N[C@@H](CN)C(=O)N[C@@H](CCC(=O)O)C(=O)N2C[C@H](O)C[C@H]2C(=O)N[C@@H](Cc2c[nH]c3ccccc23)C(=O)N[C@@H](CCN)C(=O)N[C@@H](Cc2c[nH]c3ccccc23)C(=O)N1C. The van der Waals surface area contributed by atoms with Gasteiger partial charge in [0.25, 0.3) is 0 Å². The number of aromatic nitrogens is 2. The number of carboxylic acid groups (broad SMARTS) is 3. The molecule has 3 fully saturated rings. The molecule has 0 aliphatic carbocycles. The van der Waals surface area contributed by atoms with E-state index in [2.05, 4.69) is 63.1 Å². The maximum atomic E-state index is 15.7. The number of aliphatic hydroxyl groups is 1. The van der Waals surface area contributed by atoms with E-state index in [0.717, 1.165) is 31.5 Å². The van der Waals surface area contributed by atoms with Gasteiger partial charge in [0.2, 0.25) is 94.5 Å². The molecule has 0 saturated carbocycles. The molecule has 23 N–H and O–H groups in total. The first-order valence-corrected chi connectivity index (χ1v) is 44.8. The molecule has 15 atom stereocenters. The lowest BCUT2D eigenvalue weighted by Crippen LogP contribution is -2.61. The Balaban J connectivity index is 1.19. The zero-order valence-electron chi connectivity index (χ0n) is 74.3. The molecule has 2 aromatic heterocycles. The predicted molar refractivity (Wildman–Crippen MR) is 477 cm³/mol. The Morgan fingerprint density at radius 1 is 0.500 bits per heavy atom. The number of nitrogens with one attached hydrogen (secondary N) is 12. The number of H-pyrrole nitrogens is 2. The Morgan fingerprint density at radius 3 is 1.58 bits per heavy atom. The Kier molecular flexibility index (Phi) is 39.1. The van der Waals surface area contributed by atoms with Gasteiger partial charge in [0.1, 0.15) is 90.3 Å². The van der Waals surface area contributed by atoms with Crippen molar-refractivity contribution in [3.8, 4) is 5.75 Å². The molecular weight excluding hydrogens is 1740 g/mol. The lowest BCUT2D eigenvalue weighted by Gasteiger charge is -2.36. The first kappa shape index (κ1) is 104. The summed E-state index contributed by atoms with van der Waals surface area (Å²) in [6, 6.07) is -3.90. The number of phenolic OH excluding ortho intramolecular Hbond substituents is 1. The largest absolute Gasteiger partial charge is 0.508 e. The van der Waals surface area contributed by atoms with Gasteiger partial charge < -0.3 is 130 Å². The van der Waals surface area contributed by atoms with E-state index in [9.17, 15) is 83.1 Å². The normalized spacial score (nSPS) is 25.0. The lowest BCUT2D eigenvalue weighted by molar-refractivity contribution is -0.149. The van der Waals surface area contributed by atoms with Gasteiger partial charge in [-0.2, -0.15) is 0 Å². The van der Waals surface area contributed by atoms with Crippen LogP contribution in [0.1, 0.15) is 134 Å². The summed E-state index contributed by atoms with van der Waals surface area (Å²) >= 11 is 0.686. The van der Waals surface area contributed by atoms with E-state index in [0.29, 0.717) is 69.5 Å². The second-order valence-electron chi connectivity index (χ2n) is 33.0. The summed E-state index contributed by atoms with van der Waals surface area (Å²) in [7, 11) is 3.75. The number of nitrogens with zero attached hydrogens (tertiary/aromatic N) is 5. The van der Waals surface area contributed by atoms with Gasteiger partial charge in [-0.05, 0) is 99.4 Å². The van der Waals surface area contributed by atoms with Crippen LogP contribution in [0.4, 0.5) is 0 Å². The second-order valence-corrected chi connectivity index (χ2v) is 34.0. The molecule has 3 saturated heterocycles. The zero-order valence-corrected chi connectivity index (χ0v) is 75.1. The number of hydrogen-bond acceptors (Lipinski definition) is 24. The molecule has 132 heavy (non-hydrogen) atoms. The third-order valence-corrected chi connectivity index (χ3v) is 24.5. The van der Waals surface area contributed by atoms with Gasteiger partial charge in [0.15, 0.2) is 0 Å². The fourth-order valence-electron chi connectivity index (χ4n) is 16.0. The first-order chi connectivity index (χ1) is 62.8. The van der Waals surface area contributed by atoms with Crippen LogP contribution in [0.25, 0.3) is 21.8 Å². The van der Waals surface area contributed by atoms with E-state index in [1.165, 1.54) is 45.3 Å². The number of carboxylic acids is 3. The third kappa shape index (κ3) is 28.8. The van der Waals surface area contributed by atoms with Crippen molar-refractivity contribution in [3.63, 3.8) is 0 Å². The minimum atomic E-state index is -1.95. The number of aromatic amines is 2. The molecule has 0 spiro atoms. The number of nitrogens with two attached hydrogens (primary N) is 3. The Hall–Kier alpha value is -13.3. The van der Waals surface area contributed by atoms with Crippen LogP contribution in [-0.4, -0.2) is 328 Å². The summed E-state index contributed by atoms with van der Waals surface area (Å²) in [4.78, 5) is 283. The Morgan fingerprint density at radius 2 is 0.992 bits per heavy atom. The van der Waals surface area contributed by atoms with Crippen LogP contribution in [0.5, 0.6) is 5.75 Å². The fourth-order valence-corrected chi connectivity index (χ4v) is 16.8. The third-order valence-electron chi connectivity index (χ3n) is 23.4. The highest BCUT2D eigenvalue weighted by Gasteiger charge is 2.47. The van der Waals surface area contributed by atoms with Crippen molar-refractivity contribution >= 4 is 146 Å². The van der Waals surface area contributed by atoms with E-state index in [1.807, 2.05) is 6.92 Å². The number of amides is 16. The molecule has 718 valence electrons. The van der Waals surface area contributed by atoms with Crippen molar-refractivity contribution in [2.45, 2.75) is 227 Å². The predicted octanol–water partition coefficient (Wildman–Crippen LogP) is -3.56. The van der Waals surface area contributed by atoms with Crippen molar-refractivity contribution in [1.29, 1.82) is 0 Å². The van der Waals surface area contributed by atoms with Gasteiger partial charge in [-0.1, -0.05) is 88.1 Å². The molecule has 5 aromatic rings. The molecular formula is C87H120N20O24S. The molecule has 16 amide bonds. The molecule has 45 heteroatoms. The van der Waals surface area contributed by atoms with E-state index in [4.69, 9.17) is 17.2 Å². The number of unbranched alkanes of at least 4 members (excludes halogenated alkanes) is 2. The molecule has 3 aliphatic heterocycles. The maximum absolute atomic E-state index is 15.7. The summed E-state index contributed by atoms with van der Waals surface area (Å²) in [6.07, 6.45) is -2.66. The number of rotatable bonds is 26. The lowest BCUT2D eigenvalue weighted by atomic mass is 9.99. The Bertz CT molecular complexity index is 5010. The topological polar surface area (TPSA) is 672 Å². The quantitative estimate of drug-likeness (QED) is 0.0255. The van der Waals surface area contributed by atoms with Crippen LogP contribution < -0.4 is 70.4 Å².